The first-order chi connectivity index (χ1) is 9.66. The lowest BCUT2D eigenvalue weighted by atomic mass is 10.1. The Kier molecular flexibility index (Phi) is 2.83. The predicted octanol–water partition coefficient (Wildman–Crippen LogP) is 3.55. The van der Waals surface area contributed by atoms with E-state index in [4.69, 9.17) is 4.42 Å². The molecule has 0 aliphatic carbocycles. The van der Waals surface area contributed by atoms with Crippen molar-refractivity contribution in [2.24, 2.45) is 0 Å². The lowest BCUT2D eigenvalue weighted by Crippen LogP contribution is -1.88. The third-order valence-electron chi connectivity index (χ3n) is 3.13. The van der Waals surface area contributed by atoms with Crippen molar-refractivity contribution in [3.63, 3.8) is 0 Å². The average molecular weight is 269 g/mol. The number of hydrogen-bond donors (Lipinski definition) is 1. The number of rotatable bonds is 3. The molecule has 0 spiro atoms. The Labute approximate surface area is 114 Å². The van der Waals surface area contributed by atoms with E-state index in [1.54, 1.807) is 24.5 Å². The number of nitrogens with one attached hydrogen (secondary N) is 1. The summed E-state index contributed by atoms with van der Waals surface area (Å²) in [4.78, 5) is 10.2. The number of aromatic amines is 1. The second-order valence-electron chi connectivity index (χ2n) is 4.35. The molecular weight excluding hydrogens is 258 g/mol. The van der Waals surface area contributed by atoms with Gasteiger partial charge in [0.2, 0.25) is 0 Å². The van der Waals surface area contributed by atoms with Crippen LogP contribution in [0, 0.1) is 17.0 Å². The first-order valence-electron chi connectivity index (χ1n) is 6.00. The van der Waals surface area contributed by atoms with Crippen LogP contribution in [0.15, 0.2) is 47.1 Å². The molecular formula is C14H11N3O3. The number of aromatic nitrogens is 2. The number of nitro groups is 1. The van der Waals surface area contributed by atoms with Gasteiger partial charge in [0.05, 0.1) is 16.9 Å². The minimum absolute atomic E-state index is 0.0631. The highest BCUT2D eigenvalue weighted by Crippen LogP contribution is 2.30. The van der Waals surface area contributed by atoms with Gasteiger partial charge in [0.15, 0.2) is 5.76 Å². The number of benzene rings is 1. The first-order valence-corrected chi connectivity index (χ1v) is 6.00. The molecule has 0 radical (unpaired) electrons. The van der Waals surface area contributed by atoms with Crippen LogP contribution in [0.1, 0.15) is 5.56 Å². The summed E-state index contributed by atoms with van der Waals surface area (Å²) in [7, 11) is 0. The molecule has 0 amide bonds. The van der Waals surface area contributed by atoms with Gasteiger partial charge < -0.3 is 4.42 Å². The molecule has 0 aliphatic rings. The Morgan fingerprint density at radius 1 is 1.25 bits per heavy atom. The summed E-state index contributed by atoms with van der Waals surface area (Å²) in [6.45, 7) is 1.93. The van der Waals surface area contributed by atoms with Crippen LogP contribution in [-0.2, 0) is 0 Å². The van der Waals surface area contributed by atoms with Crippen LogP contribution >= 0.6 is 0 Å². The van der Waals surface area contributed by atoms with Gasteiger partial charge in [-0.3, -0.25) is 15.2 Å². The maximum Gasteiger partial charge on any atom is 0.269 e. The maximum absolute atomic E-state index is 10.6. The standard InChI is InChI=1S/C14H11N3O3/c1-9-13(10-4-6-11(7-5-10)17(18)19)15-16-14(9)12-3-2-8-20-12/h2-8H,1H3,(H,15,16). The van der Waals surface area contributed by atoms with E-state index in [2.05, 4.69) is 10.2 Å². The van der Waals surface area contributed by atoms with E-state index in [1.165, 1.54) is 12.1 Å². The van der Waals surface area contributed by atoms with Gasteiger partial charge in [0, 0.05) is 23.3 Å². The predicted molar refractivity (Wildman–Crippen MR) is 73.1 cm³/mol. The molecule has 100 valence electrons. The van der Waals surface area contributed by atoms with Crippen molar-refractivity contribution in [1.82, 2.24) is 10.2 Å². The Hall–Kier alpha value is -2.89. The molecule has 2 aromatic heterocycles. The summed E-state index contributed by atoms with van der Waals surface area (Å²) in [5, 5.41) is 17.8. The van der Waals surface area contributed by atoms with Crippen molar-refractivity contribution in [1.29, 1.82) is 0 Å². The SMILES string of the molecule is Cc1c(-c2ccc([N+](=O)[O-])cc2)n[nH]c1-c1ccco1. The number of non-ortho nitro benzene ring substituents is 1. The van der Waals surface area contributed by atoms with Crippen LogP contribution < -0.4 is 0 Å². The topological polar surface area (TPSA) is 85.0 Å². The Morgan fingerprint density at radius 3 is 2.60 bits per heavy atom. The van der Waals surface area contributed by atoms with E-state index < -0.39 is 4.92 Å². The van der Waals surface area contributed by atoms with Gasteiger partial charge in [0.1, 0.15) is 5.69 Å². The molecule has 1 aromatic carbocycles. The van der Waals surface area contributed by atoms with Crippen LogP contribution in [0.25, 0.3) is 22.7 Å². The van der Waals surface area contributed by atoms with Crippen LogP contribution in [-0.4, -0.2) is 15.1 Å². The monoisotopic (exact) mass is 269 g/mol. The van der Waals surface area contributed by atoms with E-state index in [9.17, 15) is 10.1 Å². The summed E-state index contributed by atoms with van der Waals surface area (Å²) in [5.74, 6) is 0.711. The molecule has 0 saturated heterocycles. The third kappa shape index (κ3) is 1.97. The smallest absolute Gasteiger partial charge is 0.269 e. The Morgan fingerprint density at radius 2 is 2.00 bits per heavy atom. The van der Waals surface area contributed by atoms with Crippen molar-refractivity contribution in [2.75, 3.05) is 0 Å². The van der Waals surface area contributed by atoms with Gasteiger partial charge in [-0.15, -0.1) is 0 Å². The van der Waals surface area contributed by atoms with Gasteiger partial charge in [-0.1, -0.05) is 0 Å². The number of furan rings is 1. The highest BCUT2D eigenvalue weighted by molar-refractivity contribution is 5.71. The van der Waals surface area contributed by atoms with E-state index in [0.717, 1.165) is 22.5 Å². The van der Waals surface area contributed by atoms with Crippen molar-refractivity contribution in [3.8, 4) is 22.7 Å². The molecule has 0 fully saturated rings. The van der Waals surface area contributed by atoms with Crippen molar-refractivity contribution in [2.45, 2.75) is 6.92 Å². The fraction of sp³-hybridized carbons (Fsp3) is 0.0714. The summed E-state index contributed by atoms with van der Waals surface area (Å²) in [5.41, 5.74) is 3.39. The van der Waals surface area contributed by atoms with E-state index >= 15 is 0 Å². The lowest BCUT2D eigenvalue weighted by molar-refractivity contribution is -0.384. The van der Waals surface area contributed by atoms with E-state index in [1.807, 2.05) is 13.0 Å². The van der Waals surface area contributed by atoms with Crippen molar-refractivity contribution < 1.29 is 9.34 Å². The molecule has 1 N–H and O–H groups in total. The Bertz CT molecular complexity index is 743. The lowest BCUT2D eigenvalue weighted by Gasteiger charge is -1.99. The summed E-state index contributed by atoms with van der Waals surface area (Å²) in [6, 6.07) is 9.97. The normalized spacial score (nSPS) is 10.7. The molecule has 0 aliphatic heterocycles. The quantitative estimate of drug-likeness (QED) is 0.582. The van der Waals surface area contributed by atoms with Gasteiger partial charge in [-0.2, -0.15) is 5.10 Å². The molecule has 0 bridgehead atoms. The summed E-state index contributed by atoms with van der Waals surface area (Å²) in [6.07, 6.45) is 1.60. The molecule has 0 unspecified atom stereocenters. The summed E-state index contributed by atoms with van der Waals surface area (Å²) >= 11 is 0. The fourth-order valence-corrected chi connectivity index (χ4v) is 2.08. The van der Waals surface area contributed by atoms with Gasteiger partial charge in [-0.05, 0) is 31.2 Å². The molecule has 3 rings (SSSR count). The first kappa shape index (κ1) is 12.2. The minimum atomic E-state index is -0.421. The molecule has 6 nitrogen and oxygen atoms in total. The molecule has 2 heterocycles. The number of nitrogens with zero attached hydrogens (tertiary/aromatic N) is 2. The van der Waals surface area contributed by atoms with Gasteiger partial charge >= 0.3 is 0 Å². The minimum Gasteiger partial charge on any atom is -0.463 e. The van der Waals surface area contributed by atoms with Crippen LogP contribution in [0.4, 0.5) is 5.69 Å². The summed E-state index contributed by atoms with van der Waals surface area (Å²) < 4.78 is 5.34. The zero-order chi connectivity index (χ0) is 14.1. The fourth-order valence-electron chi connectivity index (χ4n) is 2.08. The molecule has 20 heavy (non-hydrogen) atoms. The second kappa shape index (κ2) is 4.65. The van der Waals surface area contributed by atoms with Crippen molar-refractivity contribution >= 4 is 5.69 Å². The third-order valence-corrected chi connectivity index (χ3v) is 3.13. The van der Waals surface area contributed by atoms with Crippen LogP contribution in [0.3, 0.4) is 0 Å². The number of H-pyrrole nitrogens is 1. The molecule has 0 atom stereocenters. The average Bonchev–Trinajstić information content (AvgIpc) is 3.08. The zero-order valence-electron chi connectivity index (χ0n) is 10.7. The molecule has 3 aromatic rings. The van der Waals surface area contributed by atoms with Crippen LogP contribution in [0.5, 0.6) is 0 Å². The molecule has 6 heteroatoms. The Balaban J connectivity index is 2.01. The van der Waals surface area contributed by atoms with Crippen LogP contribution in [0.2, 0.25) is 0 Å². The maximum atomic E-state index is 10.6. The largest absolute Gasteiger partial charge is 0.463 e. The highest BCUT2D eigenvalue weighted by atomic mass is 16.6. The van der Waals surface area contributed by atoms with E-state index in [-0.39, 0.29) is 5.69 Å². The number of nitro benzene ring substituents is 1. The van der Waals surface area contributed by atoms with Gasteiger partial charge in [0.25, 0.3) is 5.69 Å². The van der Waals surface area contributed by atoms with E-state index in [0.29, 0.717) is 5.76 Å². The molecule has 0 saturated carbocycles. The second-order valence-corrected chi connectivity index (χ2v) is 4.35. The van der Waals surface area contributed by atoms with Crippen molar-refractivity contribution in [3.05, 3.63) is 58.3 Å². The number of hydrogen-bond acceptors (Lipinski definition) is 4. The van der Waals surface area contributed by atoms with Gasteiger partial charge in [-0.25, -0.2) is 0 Å². The highest BCUT2D eigenvalue weighted by Gasteiger charge is 2.15. The zero-order valence-corrected chi connectivity index (χ0v) is 10.7.